The monoisotopic (exact) mass is 350 g/mol. The Labute approximate surface area is 154 Å². The van der Waals surface area contributed by atoms with E-state index < -0.39 is 0 Å². The van der Waals surface area contributed by atoms with Crippen LogP contribution in [0.25, 0.3) is 0 Å². The summed E-state index contributed by atoms with van der Waals surface area (Å²) in [4.78, 5) is 6.87. The third-order valence-corrected chi connectivity index (χ3v) is 7.06. The minimum Gasteiger partial charge on any atom is -0.381 e. The van der Waals surface area contributed by atoms with Gasteiger partial charge in [0.1, 0.15) is 0 Å². The van der Waals surface area contributed by atoms with Crippen LogP contribution in [-0.4, -0.2) is 63.3 Å². The molecule has 2 saturated carbocycles. The van der Waals surface area contributed by atoms with Crippen molar-refractivity contribution in [2.45, 2.75) is 69.4 Å². The Bertz CT molecular complexity index is 445. The molecule has 2 aliphatic carbocycles. The molecule has 1 heterocycles. The Hall–Kier alpha value is -0.810. The molecular formula is C20H38N4O. The molecule has 1 saturated heterocycles. The van der Waals surface area contributed by atoms with Crippen LogP contribution in [0.2, 0.25) is 0 Å². The molecule has 144 valence electrons. The molecule has 3 fully saturated rings. The predicted octanol–water partition coefficient (Wildman–Crippen LogP) is 2.62. The Balaban J connectivity index is 1.51. The highest BCUT2D eigenvalue weighted by molar-refractivity contribution is 5.80. The fraction of sp³-hybridized carbons (Fsp3) is 0.950. The van der Waals surface area contributed by atoms with E-state index in [1.807, 2.05) is 7.05 Å². The van der Waals surface area contributed by atoms with Crippen molar-refractivity contribution in [2.24, 2.45) is 16.8 Å². The number of hydrogen-bond donors (Lipinski definition) is 2. The summed E-state index contributed by atoms with van der Waals surface area (Å²) in [5, 5.41) is 7.35. The first-order chi connectivity index (χ1) is 12.1. The van der Waals surface area contributed by atoms with E-state index in [9.17, 15) is 0 Å². The van der Waals surface area contributed by atoms with E-state index in [0.717, 1.165) is 50.4 Å². The van der Waals surface area contributed by atoms with Gasteiger partial charge < -0.3 is 20.3 Å². The van der Waals surface area contributed by atoms with E-state index in [4.69, 9.17) is 4.74 Å². The predicted molar refractivity (Wildman–Crippen MR) is 104 cm³/mol. The van der Waals surface area contributed by atoms with Crippen molar-refractivity contribution < 1.29 is 4.74 Å². The minimum absolute atomic E-state index is 0.177. The highest BCUT2D eigenvalue weighted by atomic mass is 16.5. The van der Waals surface area contributed by atoms with Crippen molar-refractivity contribution in [3.05, 3.63) is 0 Å². The molecule has 3 atom stereocenters. The summed E-state index contributed by atoms with van der Waals surface area (Å²) in [6.07, 6.45) is 12.0. The van der Waals surface area contributed by atoms with Crippen LogP contribution < -0.4 is 10.6 Å². The highest BCUT2D eigenvalue weighted by Crippen LogP contribution is 2.40. The summed E-state index contributed by atoms with van der Waals surface area (Å²) in [7, 11) is 6.27. The summed E-state index contributed by atoms with van der Waals surface area (Å²) in [5.41, 5.74) is 0.177. The van der Waals surface area contributed by atoms with Crippen molar-refractivity contribution >= 4 is 5.96 Å². The first kappa shape index (κ1) is 19.0. The number of likely N-dealkylation sites (N-methyl/N-ethyl adjacent to an activating group) is 1. The molecule has 0 aromatic carbocycles. The van der Waals surface area contributed by atoms with Gasteiger partial charge in [-0.1, -0.05) is 25.7 Å². The van der Waals surface area contributed by atoms with E-state index >= 15 is 0 Å². The van der Waals surface area contributed by atoms with Crippen LogP contribution in [-0.2, 0) is 4.74 Å². The lowest BCUT2D eigenvalue weighted by atomic mass is 9.69. The maximum atomic E-state index is 5.58. The number of nitrogens with zero attached hydrogens (tertiary/aromatic N) is 2. The molecule has 1 aliphatic heterocycles. The van der Waals surface area contributed by atoms with Crippen LogP contribution in [0, 0.1) is 11.8 Å². The zero-order valence-corrected chi connectivity index (χ0v) is 16.5. The van der Waals surface area contributed by atoms with Crippen LogP contribution in [0.3, 0.4) is 0 Å². The molecule has 25 heavy (non-hydrogen) atoms. The van der Waals surface area contributed by atoms with Crippen LogP contribution in [0.4, 0.5) is 0 Å². The molecule has 0 aromatic rings. The van der Waals surface area contributed by atoms with Gasteiger partial charge in [0, 0.05) is 38.4 Å². The molecule has 5 heteroatoms. The normalized spacial score (nSPS) is 33.0. The standard InChI is InChI=1S/C20H38N4O/c1-21-19(22-15-20(24(2)3)10-12-25-13-11-20)23-18-9-8-16-6-4-5-7-17(16)14-18/h16-18H,4-15H2,1-3H3,(H2,21,22,23). The van der Waals surface area contributed by atoms with Gasteiger partial charge in [-0.15, -0.1) is 0 Å². The van der Waals surface area contributed by atoms with Crippen LogP contribution >= 0.6 is 0 Å². The van der Waals surface area contributed by atoms with E-state index in [1.54, 1.807) is 0 Å². The van der Waals surface area contributed by atoms with Gasteiger partial charge >= 0.3 is 0 Å². The zero-order chi connectivity index (χ0) is 17.7. The maximum Gasteiger partial charge on any atom is 0.191 e. The number of hydrogen-bond acceptors (Lipinski definition) is 3. The van der Waals surface area contributed by atoms with Gasteiger partial charge in [-0.25, -0.2) is 0 Å². The molecule has 3 rings (SSSR count). The van der Waals surface area contributed by atoms with Crippen LogP contribution in [0.5, 0.6) is 0 Å². The number of fused-ring (bicyclic) bond motifs is 1. The summed E-state index contributed by atoms with van der Waals surface area (Å²) < 4.78 is 5.58. The third kappa shape index (κ3) is 4.68. The number of aliphatic imine (C=N–C) groups is 1. The van der Waals surface area contributed by atoms with Crippen molar-refractivity contribution in [3.63, 3.8) is 0 Å². The van der Waals surface area contributed by atoms with Gasteiger partial charge in [0.2, 0.25) is 0 Å². The molecule has 0 radical (unpaired) electrons. The minimum atomic E-state index is 0.177. The molecule has 0 aromatic heterocycles. The quantitative estimate of drug-likeness (QED) is 0.604. The fourth-order valence-corrected chi connectivity index (χ4v) is 5.17. The molecule has 0 amide bonds. The Morgan fingerprint density at radius 3 is 2.48 bits per heavy atom. The highest BCUT2D eigenvalue weighted by Gasteiger charge is 2.36. The largest absolute Gasteiger partial charge is 0.381 e. The Kier molecular flexibility index (Phi) is 6.61. The van der Waals surface area contributed by atoms with Crippen molar-refractivity contribution in [1.82, 2.24) is 15.5 Å². The Morgan fingerprint density at radius 2 is 1.80 bits per heavy atom. The van der Waals surface area contributed by atoms with Gasteiger partial charge in [-0.3, -0.25) is 4.99 Å². The lowest BCUT2D eigenvalue weighted by molar-refractivity contribution is -0.00505. The molecule has 3 aliphatic rings. The second-order valence-electron chi connectivity index (χ2n) is 8.62. The van der Waals surface area contributed by atoms with E-state index in [-0.39, 0.29) is 5.54 Å². The fourth-order valence-electron chi connectivity index (χ4n) is 5.17. The summed E-state index contributed by atoms with van der Waals surface area (Å²) in [6.45, 7) is 2.65. The molecule has 5 nitrogen and oxygen atoms in total. The summed E-state index contributed by atoms with van der Waals surface area (Å²) in [6, 6.07) is 0.593. The van der Waals surface area contributed by atoms with E-state index in [0.29, 0.717) is 6.04 Å². The van der Waals surface area contributed by atoms with Gasteiger partial charge in [0.25, 0.3) is 0 Å². The molecule has 0 bridgehead atoms. The zero-order valence-electron chi connectivity index (χ0n) is 16.5. The van der Waals surface area contributed by atoms with Gasteiger partial charge in [0.05, 0.1) is 0 Å². The average molecular weight is 351 g/mol. The lowest BCUT2D eigenvalue weighted by Gasteiger charge is -2.43. The van der Waals surface area contributed by atoms with Crippen LogP contribution in [0.15, 0.2) is 4.99 Å². The smallest absolute Gasteiger partial charge is 0.191 e. The molecule has 0 spiro atoms. The Morgan fingerprint density at radius 1 is 1.08 bits per heavy atom. The second-order valence-corrected chi connectivity index (χ2v) is 8.62. The number of nitrogens with one attached hydrogen (secondary N) is 2. The topological polar surface area (TPSA) is 48.9 Å². The van der Waals surface area contributed by atoms with E-state index in [2.05, 4.69) is 34.6 Å². The van der Waals surface area contributed by atoms with Gasteiger partial charge in [-0.2, -0.15) is 0 Å². The molecular weight excluding hydrogens is 312 g/mol. The second kappa shape index (κ2) is 8.72. The number of guanidine groups is 1. The molecule has 2 N–H and O–H groups in total. The van der Waals surface area contributed by atoms with E-state index in [1.165, 1.54) is 44.9 Å². The third-order valence-electron chi connectivity index (χ3n) is 7.06. The van der Waals surface area contributed by atoms with Crippen molar-refractivity contribution in [3.8, 4) is 0 Å². The average Bonchev–Trinajstić information content (AvgIpc) is 2.65. The molecule has 3 unspecified atom stereocenters. The summed E-state index contributed by atoms with van der Waals surface area (Å²) >= 11 is 0. The maximum absolute atomic E-state index is 5.58. The number of ether oxygens (including phenoxy) is 1. The van der Waals surface area contributed by atoms with Gasteiger partial charge in [0.15, 0.2) is 5.96 Å². The van der Waals surface area contributed by atoms with Gasteiger partial charge in [-0.05, 0) is 58.0 Å². The lowest BCUT2D eigenvalue weighted by Crippen LogP contribution is -2.58. The summed E-state index contributed by atoms with van der Waals surface area (Å²) in [5.74, 6) is 2.93. The number of rotatable bonds is 4. The van der Waals surface area contributed by atoms with Crippen LogP contribution in [0.1, 0.15) is 57.8 Å². The first-order valence-electron chi connectivity index (χ1n) is 10.4. The first-order valence-corrected chi connectivity index (χ1v) is 10.4. The van der Waals surface area contributed by atoms with Crippen molar-refractivity contribution in [2.75, 3.05) is 40.9 Å². The van der Waals surface area contributed by atoms with Crippen molar-refractivity contribution in [1.29, 1.82) is 0 Å². The SMILES string of the molecule is CN=C(NCC1(N(C)C)CCOCC1)NC1CCC2CCCCC2C1.